The van der Waals surface area contributed by atoms with Crippen molar-refractivity contribution in [3.05, 3.63) is 77.8 Å². The number of pyridine rings is 1. The summed E-state index contributed by atoms with van der Waals surface area (Å²) in [6, 6.07) is 19.5. The van der Waals surface area contributed by atoms with E-state index in [0.29, 0.717) is 18.9 Å². The molecular weight excluding hydrogens is 434 g/mol. The van der Waals surface area contributed by atoms with E-state index in [2.05, 4.69) is 4.98 Å². The van der Waals surface area contributed by atoms with E-state index in [1.807, 2.05) is 73.0 Å². The molecule has 3 heterocycles. The summed E-state index contributed by atoms with van der Waals surface area (Å²) in [5, 5.41) is 2.86. The minimum atomic E-state index is -0.544. The van der Waals surface area contributed by atoms with E-state index in [0.717, 1.165) is 39.0 Å². The number of amides is 1. The van der Waals surface area contributed by atoms with Crippen LogP contribution in [0, 0.1) is 6.92 Å². The largest absolute Gasteiger partial charge is 0.492 e. The summed E-state index contributed by atoms with van der Waals surface area (Å²) in [6.45, 7) is 4.60. The molecule has 33 heavy (non-hydrogen) atoms. The quantitative estimate of drug-likeness (QED) is 0.389. The summed E-state index contributed by atoms with van der Waals surface area (Å²) in [5.74, 6) is 1.39. The van der Waals surface area contributed by atoms with Gasteiger partial charge in [0.1, 0.15) is 23.1 Å². The van der Waals surface area contributed by atoms with E-state index < -0.39 is 6.10 Å². The van der Waals surface area contributed by atoms with E-state index >= 15 is 0 Å². The molecule has 0 radical (unpaired) electrons. The van der Waals surface area contributed by atoms with Crippen LogP contribution in [-0.2, 0) is 4.79 Å². The Bertz CT molecular complexity index is 1290. The van der Waals surface area contributed by atoms with Crippen LogP contribution >= 0.6 is 11.3 Å². The number of ether oxygens (including phenoxy) is 2. The van der Waals surface area contributed by atoms with Crippen molar-refractivity contribution in [1.82, 2.24) is 9.97 Å². The highest BCUT2D eigenvalue weighted by molar-refractivity contribution is 7.13. The smallest absolute Gasteiger partial charge is 0.267 e. The van der Waals surface area contributed by atoms with Gasteiger partial charge in [0.25, 0.3) is 5.91 Å². The second-order valence-electron chi connectivity index (χ2n) is 7.85. The first kappa shape index (κ1) is 21.2. The molecule has 1 atom stereocenters. The molecule has 0 fully saturated rings. The Morgan fingerprint density at radius 3 is 2.82 bits per heavy atom. The Kier molecular flexibility index (Phi) is 5.79. The Balaban J connectivity index is 1.39. The van der Waals surface area contributed by atoms with Gasteiger partial charge in [0, 0.05) is 17.1 Å². The van der Waals surface area contributed by atoms with Gasteiger partial charge in [-0.05, 0) is 61.9 Å². The highest BCUT2D eigenvalue weighted by Crippen LogP contribution is 2.38. The number of carbonyl (C=O) groups excluding carboxylic acids is 1. The molecule has 1 amide bonds. The molecule has 0 saturated heterocycles. The Hall–Kier alpha value is -3.71. The average molecular weight is 458 g/mol. The minimum Gasteiger partial charge on any atom is -0.492 e. The molecule has 1 unspecified atom stereocenters. The summed E-state index contributed by atoms with van der Waals surface area (Å²) < 4.78 is 11.8. The summed E-state index contributed by atoms with van der Waals surface area (Å²) in [7, 11) is 0. The van der Waals surface area contributed by atoms with Gasteiger partial charge in [-0.25, -0.2) is 4.98 Å². The summed E-state index contributed by atoms with van der Waals surface area (Å²) in [4.78, 5) is 23.8. The van der Waals surface area contributed by atoms with Crippen molar-refractivity contribution in [3.63, 3.8) is 0 Å². The highest BCUT2D eigenvalue weighted by Gasteiger charge is 2.31. The van der Waals surface area contributed by atoms with E-state index in [9.17, 15) is 4.79 Å². The fourth-order valence-electron chi connectivity index (χ4n) is 3.77. The molecule has 0 N–H and O–H groups in total. The van der Waals surface area contributed by atoms with Gasteiger partial charge >= 0.3 is 0 Å². The summed E-state index contributed by atoms with van der Waals surface area (Å²) in [5.41, 5.74) is 4.46. The molecule has 1 aliphatic rings. The standard InChI is InChI=1S/C26H23N3O3S/c1-17-6-5-7-20(14-17)31-13-12-29-23-15-19(9-10-24(23)32-18(2)26(29)30)22-16-33-25(28-22)21-8-3-4-11-27-21/h3-11,14-16,18H,12-13H2,1-2H3. The van der Waals surface area contributed by atoms with Gasteiger partial charge in [0.2, 0.25) is 0 Å². The van der Waals surface area contributed by atoms with Crippen molar-refractivity contribution in [3.8, 4) is 33.5 Å². The van der Waals surface area contributed by atoms with Crippen LogP contribution in [0.5, 0.6) is 11.5 Å². The van der Waals surface area contributed by atoms with Crippen LogP contribution in [-0.4, -0.2) is 35.1 Å². The van der Waals surface area contributed by atoms with Crippen molar-refractivity contribution < 1.29 is 14.3 Å². The van der Waals surface area contributed by atoms with E-state index in [-0.39, 0.29) is 5.91 Å². The number of aryl methyl sites for hydroxylation is 1. The number of rotatable bonds is 6. The molecule has 1 aliphatic heterocycles. The zero-order chi connectivity index (χ0) is 22.8. The van der Waals surface area contributed by atoms with E-state index in [1.54, 1.807) is 29.4 Å². The fraction of sp³-hybridized carbons (Fsp3) is 0.192. The lowest BCUT2D eigenvalue weighted by molar-refractivity contribution is -0.125. The predicted molar refractivity (Wildman–Crippen MR) is 130 cm³/mol. The lowest BCUT2D eigenvalue weighted by Crippen LogP contribution is -2.46. The SMILES string of the molecule is Cc1cccc(OCCN2C(=O)C(C)Oc3ccc(-c4csc(-c5ccccn5)n4)cc32)c1. The van der Waals surface area contributed by atoms with Crippen LogP contribution in [0.1, 0.15) is 12.5 Å². The molecule has 0 saturated carbocycles. The van der Waals surface area contributed by atoms with Crippen LogP contribution in [0.15, 0.2) is 72.2 Å². The monoisotopic (exact) mass is 457 g/mol. The number of nitrogens with zero attached hydrogens (tertiary/aromatic N) is 3. The Labute approximate surface area is 196 Å². The van der Waals surface area contributed by atoms with Gasteiger partial charge in [0.15, 0.2) is 6.10 Å². The maximum Gasteiger partial charge on any atom is 0.267 e. The third kappa shape index (κ3) is 4.45. The Morgan fingerprint density at radius 1 is 1.09 bits per heavy atom. The molecule has 5 rings (SSSR count). The van der Waals surface area contributed by atoms with Crippen LogP contribution in [0.2, 0.25) is 0 Å². The molecule has 0 bridgehead atoms. The molecule has 166 valence electrons. The van der Waals surface area contributed by atoms with Crippen molar-refractivity contribution in [1.29, 1.82) is 0 Å². The molecular formula is C26H23N3O3S. The lowest BCUT2D eigenvalue weighted by atomic mass is 10.1. The molecule has 6 nitrogen and oxygen atoms in total. The normalized spacial score (nSPS) is 15.2. The highest BCUT2D eigenvalue weighted by atomic mass is 32.1. The number of hydrogen-bond donors (Lipinski definition) is 0. The summed E-state index contributed by atoms with van der Waals surface area (Å²) >= 11 is 1.54. The van der Waals surface area contributed by atoms with E-state index in [1.165, 1.54) is 0 Å². The van der Waals surface area contributed by atoms with Crippen molar-refractivity contribution in [2.45, 2.75) is 20.0 Å². The number of thiazole rings is 1. The van der Waals surface area contributed by atoms with Gasteiger partial charge < -0.3 is 14.4 Å². The number of carbonyl (C=O) groups is 1. The number of aromatic nitrogens is 2. The van der Waals surface area contributed by atoms with Crippen LogP contribution in [0.3, 0.4) is 0 Å². The van der Waals surface area contributed by atoms with Gasteiger partial charge in [-0.3, -0.25) is 9.78 Å². The minimum absolute atomic E-state index is 0.0834. The van der Waals surface area contributed by atoms with Crippen LogP contribution in [0.4, 0.5) is 5.69 Å². The van der Waals surface area contributed by atoms with Gasteiger partial charge in [0.05, 0.1) is 23.6 Å². The first-order valence-electron chi connectivity index (χ1n) is 10.8. The topological polar surface area (TPSA) is 64.5 Å². The van der Waals surface area contributed by atoms with Crippen molar-refractivity contribution in [2.24, 2.45) is 0 Å². The van der Waals surface area contributed by atoms with Gasteiger partial charge in [-0.1, -0.05) is 18.2 Å². The first-order valence-corrected chi connectivity index (χ1v) is 11.7. The second-order valence-corrected chi connectivity index (χ2v) is 8.71. The molecule has 7 heteroatoms. The van der Waals surface area contributed by atoms with Gasteiger partial charge in [-0.2, -0.15) is 0 Å². The van der Waals surface area contributed by atoms with Crippen LogP contribution in [0.25, 0.3) is 22.0 Å². The maximum atomic E-state index is 12.9. The molecule has 4 aromatic rings. The second kappa shape index (κ2) is 9.03. The molecule has 0 aliphatic carbocycles. The number of benzene rings is 2. The third-order valence-corrected chi connectivity index (χ3v) is 6.29. The van der Waals surface area contributed by atoms with Crippen molar-refractivity contribution >= 4 is 22.9 Å². The molecule has 2 aromatic heterocycles. The predicted octanol–water partition coefficient (Wildman–Crippen LogP) is 5.37. The zero-order valence-electron chi connectivity index (χ0n) is 18.4. The molecule has 2 aromatic carbocycles. The zero-order valence-corrected chi connectivity index (χ0v) is 19.2. The number of hydrogen-bond acceptors (Lipinski definition) is 6. The van der Waals surface area contributed by atoms with Crippen molar-refractivity contribution in [2.75, 3.05) is 18.1 Å². The third-order valence-electron chi connectivity index (χ3n) is 5.42. The van der Waals surface area contributed by atoms with Gasteiger partial charge in [-0.15, -0.1) is 11.3 Å². The average Bonchev–Trinajstić information content (AvgIpc) is 3.32. The fourth-order valence-corrected chi connectivity index (χ4v) is 4.57. The van der Waals surface area contributed by atoms with E-state index in [4.69, 9.17) is 14.5 Å². The lowest BCUT2D eigenvalue weighted by Gasteiger charge is -2.33. The number of anilines is 1. The maximum absolute atomic E-state index is 12.9. The number of fused-ring (bicyclic) bond motifs is 1. The first-order chi connectivity index (χ1) is 16.1. The van der Waals surface area contributed by atoms with Crippen LogP contribution < -0.4 is 14.4 Å². The summed E-state index contributed by atoms with van der Waals surface area (Å²) in [6.07, 6.45) is 1.22. The molecule has 0 spiro atoms. The Morgan fingerprint density at radius 2 is 2.00 bits per heavy atom.